The molecule has 0 aliphatic carbocycles. The Labute approximate surface area is 226 Å². The van der Waals surface area contributed by atoms with Gasteiger partial charge in [0.2, 0.25) is 0 Å². The van der Waals surface area contributed by atoms with Crippen LogP contribution in [-0.4, -0.2) is 9.97 Å². The molecular weight excluding hydrogens is 436 g/mol. The summed E-state index contributed by atoms with van der Waals surface area (Å²) >= 11 is 0. The summed E-state index contributed by atoms with van der Waals surface area (Å²) in [4.78, 5) is 8.30. The smallest absolute Gasteiger partial charge is 0.0457 e. The first-order valence-corrected chi connectivity index (χ1v) is 13.7. The van der Waals surface area contributed by atoms with E-state index in [-0.39, 0.29) is 10.8 Å². The fourth-order valence-electron chi connectivity index (χ4n) is 2.55. The van der Waals surface area contributed by atoms with Crippen molar-refractivity contribution < 1.29 is 0 Å². The van der Waals surface area contributed by atoms with Crippen molar-refractivity contribution in [3.8, 4) is 0 Å². The molecule has 3 rings (SSSR count). The maximum Gasteiger partial charge on any atom is 0.0457 e. The van der Waals surface area contributed by atoms with E-state index in [4.69, 9.17) is 0 Å². The van der Waals surface area contributed by atoms with Crippen molar-refractivity contribution in [1.29, 1.82) is 0 Å². The summed E-state index contributed by atoms with van der Waals surface area (Å²) in [6, 6.07) is 20.6. The molecule has 0 aliphatic heterocycles. The lowest BCUT2D eigenvalue weighted by molar-refractivity contribution is 0.569. The summed E-state index contributed by atoms with van der Waals surface area (Å²) < 4.78 is 0. The molecule has 2 heterocycles. The average Bonchev–Trinajstić information content (AvgIpc) is 2.89. The van der Waals surface area contributed by atoms with Gasteiger partial charge in [-0.1, -0.05) is 146 Å². The van der Waals surface area contributed by atoms with E-state index in [0.717, 1.165) is 5.69 Å². The van der Waals surface area contributed by atoms with Gasteiger partial charge in [0.25, 0.3) is 0 Å². The molecule has 1 aromatic carbocycles. The molecule has 0 amide bonds. The Hall–Kier alpha value is -2.48. The van der Waals surface area contributed by atoms with Gasteiger partial charge in [-0.05, 0) is 40.2 Å². The number of nitrogens with zero attached hydrogens (tertiary/aromatic N) is 2. The zero-order valence-electron chi connectivity index (χ0n) is 26.4. The maximum absolute atomic E-state index is 4.25. The van der Waals surface area contributed by atoms with Crippen LogP contribution in [0.15, 0.2) is 79.3 Å². The SMILES string of the molecule is CC.CC.CC.CC(C)(C)c1ccccc1.CC(C)(C)c1ccccn1.CC(C)(C)c1cccnc1. The number of aromatic nitrogens is 2. The van der Waals surface area contributed by atoms with Crippen LogP contribution in [0.4, 0.5) is 0 Å². The predicted octanol–water partition coefficient (Wildman–Crippen LogP) is 10.8. The molecule has 0 unspecified atom stereocenters. The zero-order valence-corrected chi connectivity index (χ0v) is 26.4. The minimum Gasteiger partial charge on any atom is -0.264 e. The maximum atomic E-state index is 4.25. The number of rotatable bonds is 0. The molecule has 0 bridgehead atoms. The van der Waals surface area contributed by atoms with Crippen LogP contribution in [-0.2, 0) is 16.2 Å². The van der Waals surface area contributed by atoms with Crippen LogP contribution in [0, 0.1) is 0 Å². The van der Waals surface area contributed by atoms with Gasteiger partial charge in [0.15, 0.2) is 0 Å². The fourth-order valence-corrected chi connectivity index (χ4v) is 2.55. The zero-order chi connectivity index (χ0) is 28.8. The van der Waals surface area contributed by atoms with Crippen molar-refractivity contribution in [1.82, 2.24) is 9.97 Å². The molecular formula is C34H58N2. The number of hydrogen-bond donors (Lipinski definition) is 0. The molecule has 0 radical (unpaired) electrons. The quantitative estimate of drug-likeness (QED) is 0.310. The molecule has 0 saturated heterocycles. The highest BCUT2D eigenvalue weighted by molar-refractivity contribution is 5.22. The molecule has 0 N–H and O–H groups in total. The van der Waals surface area contributed by atoms with Crippen molar-refractivity contribution in [2.45, 2.75) is 120 Å². The molecule has 0 saturated carbocycles. The number of pyridine rings is 2. The largest absolute Gasteiger partial charge is 0.264 e. The van der Waals surface area contributed by atoms with Gasteiger partial charge >= 0.3 is 0 Å². The van der Waals surface area contributed by atoms with Crippen LogP contribution in [0.25, 0.3) is 0 Å². The van der Waals surface area contributed by atoms with Crippen LogP contribution >= 0.6 is 0 Å². The third-order valence-electron chi connectivity index (χ3n) is 4.60. The molecule has 0 fully saturated rings. The topological polar surface area (TPSA) is 25.8 Å². The lowest BCUT2D eigenvalue weighted by Crippen LogP contribution is -2.12. The molecule has 36 heavy (non-hydrogen) atoms. The van der Waals surface area contributed by atoms with Crippen molar-refractivity contribution in [3.63, 3.8) is 0 Å². The highest BCUT2D eigenvalue weighted by Crippen LogP contribution is 2.21. The van der Waals surface area contributed by atoms with E-state index in [2.05, 4.69) is 115 Å². The Morgan fingerprint density at radius 3 is 1.14 bits per heavy atom. The van der Waals surface area contributed by atoms with Crippen molar-refractivity contribution >= 4 is 0 Å². The summed E-state index contributed by atoms with van der Waals surface area (Å²) in [5, 5.41) is 0. The molecule has 2 nitrogen and oxygen atoms in total. The molecule has 0 atom stereocenters. The number of hydrogen-bond acceptors (Lipinski definition) is 2. The minimum absolute atomic E-state index is 0.182. The van der Waals surface area contributed by atoms with E-state index in [9.17, 15) is 0 Å². The van der Waals surface area contributed by atoms with Crippen LogP contribution in [0.5, 0.6) is 0 Å². The summed E-state index contributed by atoms with van der Waals surface area (Å²) in [6.07, 6.45) is 5.55. The Morgan fingerprint density at radius 1 is 0.444 bits per heavy atom. The van der Waals surface area contributed by atoms with Gasteiger partial charge in [-0.25, -0.2) is 0 Å². The Bertz CT molecular complexity index is 702. The van der Waals surface area contributed by atoms with E-state index >= 15 is 0 Å². The Morgan fingerprint density at radius 2 is 0.889 bits per heavy atom. The first kappa shape index (κ1) is 38.1. The molecule has 3 aromatic rings. The van der Waals surface area contributed by atoms with Gasteiger partial charge in [0, 0.05) is 29.7 Å². The van der Waals surface area contributed by atoms with Gasteiger partial charge in [0.05, 0.1) is 0 Å². The van der Waals surface area contributed by atoms with E-state index in [1.54, 1.807) is 6.20 Å². The first-order valence-electron chi connectivity index (χ1n) is 13.7. The minimum atomic E-state index is 0.182. The van der Waals surface area contributed by atoms with Crippen LogP contribution in [0.3, 0.4) is 0 Å². The van der Waals surface area contributed by atoms with Gasteiger partial charge in [-0.2, -0.15) is 0 Å². The monoisotopic (exact) mass is 494 g/mol. The Kier molecular flexibility index (Phi) is 21.9. The highest BCUT2D eigenvalue weighted by Gasteiger charge is 2.13. The van der Waals surface area contributed by atoms with Crippen LogP contribution < -0.4 is 0 Å². The summed E-state index contributed by atoms with van der Waals surface area (Å²) in [7, 11) is 0. The van der Waals surface area contributed by atoms with Gasteiger partial charge in [-0.3, -0.25) is 9.97 Å². The van der Waals surface area contributed by atoms with Crippen LogP contribution in [0.1, 0.15) is 121 Å². The van der Waals surface area contributed by atoms with E-state index in [1.807, 2.05) is 72.1 Å². The lowest BCUT2D eigenvalue weighted by atomic mass is 9.87. The highest BCUT2D eigenvalue weighted by atomic mass is 14.7. The molecule has 0 aliphatic rings. The molecule has 2 aromatic heterocycles. The van der Waals surface area contributed by atoms with E-state index in [0.29, 0.717) is 5.41 Å². The summed E-state index contributed by atoms with van der Waals surface area (Å²) in [5.41, 5.74) is 4.54. The average molecular weight is 495 g/mol. The Balaban J connectivity index is -0.000000410. The summed E-state index contributed by atoms with van der Waals surface area (Å²) in [5.74, 6) is 0. The lowest BCUT2D eigenvalue weighted by Gasteiger charge is -2.18. The summed E-state index contributed by atoms with van der Waals surface area (Å²) in [6.45, 7) is 31.7. The van der Waals surface area contributed by atoms with Gasteiger partial charge < -0.3 is 0 Å². The van der Waals surface area contributed by atoms with E-state index in [1.165, 1.54) is 11.1 Å². The molecule has 0 spiro atoms. The second-order valence-electron chi connectivity index (χ2n) is 10.6. The molecule has 204 valence electrons. The third kappa shape index (κ3) is 18.8. The van der Waals surface area contributed by atoms with Crippen molar-refractivity contribution in [2.75, 3.05) is 0 Å². The van der Waals surface area contributed by atoms with Crippen LogP contribution in [0.2, 0.25) is 0 Å². The number of benzene rings is 1. The predicted molar refractivity (Wildman–Crippen MR) is 165 cm³/mol. The normalized spacial score (nSPS) is 10.1. The van der Waals surface area contributed by atoms with Gasteiger partial charge in [-0.15, -0.1) is 0 Å². The van der Waals surface area contributed by atoms with Crippen molar-refractivity contribution in [3.05, 3.63) is 96.1 Å². The second kappa shape index (κ2) is 20.7. The first-order chi connectivity index (χ1) is 16.8. The van der Waals surface area contributed by atoms with Gasteiger partial charge in [0.1, 0.15) is 0 Å². The third-order valence-corrected chi connectivity index (χ3v) is 4.60. The van der Waals surface area contributed by atoms with E-state index < -0.39 is 0 Å². The second-order valence-corrected chi connectivity index (χ2v) is 10.6. The standard InChI is InChI=1S/C10H14.2C9H13N.3C2H6/c1-10(2,3)9-7-5-4-6-8-9;1-9(2,3)8-5-4-6-10-7-8;1-9(2,3)8-6-4-5-7-10-8;3*1-2/h4-8H,1-3H3;2*4-7H,1-3H3;3*1-2H3. The fraction of sp³-hybridized carbons (Fsp3) is 0.529. The molecule has 2 heteroatoms. The van der Waals surface area contributed by atoms with Crippen molar-refractivity contribution in [2.24, 2.45) is 0 Å².